The second-order valence-corrected chi connectivity index (χ2v) is 9.42. The average molecular weight is 436 g/mol. The number of likely N-dealkylation sites (tertiary alicyclic amines) is 1. The third-order valence-electron chi connectivity index (χ3n) is 5.25. The lowest BCUT2D eigenvalue weighted by atomic mass is 9.97. The van der Waals surface area contributed by atoms with Gasteiger partial charge in [0.1, 0.15) is 10.6 Å². The van der Waals surface area contributed by atoms with Gasteiger partial charge in [-0.15, -0.1) is 22.7 Å². The van der Waals surface area contributed by atoms with Gasteiger partial charge in [0.2, 0.25) is 0 Å². The molecule has 0 aromatic carbocycles. The third kappa shape index (κ3) is 4.66. The van der Waals surface area contributed by atoms with Crippen molar-refractivity contribution in [3.8, 4) is 0 Å². The third-order valence-corrected chi connectivity index (χ3v) is 7.32. The molecule has 2 saturated heterocycles. The number of nitrogens with zero attached hydrogens (tertiary/aromatic N) is 4. The molecule has 0 aliphatic carbocycles. The summed E-state index contributed by atoms with van der Waals surface area (Å²) in [5.74, 6) is 0.201. The maximum absolute atomic E-state index is 12.8. The minimum absolute atomic E-state index is 0.0799. The molecule has 156 valence electrons. The molecular weight excluding hydrogens is 410 g/mol. The van der Waals surface area contributed by atoms with Gasteiger partial charge in [0.05, 0.1) is 28.9 Å². The molecule has 29 heavy (non-hydrogen) atoms. The molecule has 2 fully saturated rings. The van der Waals surface area contributed by atoms with Crippen molar-refractivity contribution in [2.24, 2.45) is 0 Å². The van der Waals surface area contributed by atoms with Crippen molar-refractivity contribution in [2.45, 2.75) is 32.6 Å². The van der Waals surface area contributed by atoms with Gasteiger partial charge in [0.15, 0.2) is 0 Å². The lowest BCUT2D eigenvalue weighted by molar-refractivity contribution is 0.0125. The summed E-state index contributed by atoms with van der Waals surface area (Å²) in [7, 11) is 0. The summed E-state index contributed by atoms with van der Waals surface area (Å²) in [5, 5.41) is 5.60. The van der Waals surface area contributed by atoms with E-state index in [1.165, 1.54) is 22.7 Å². The molecule has 4 heterocycles. The molecule has 0 atom stereocenters. The van der Waals surface area contributed by atoms with Gasteiger partial charge in [-0.05, 0) is 26.7 Å². The van der Waals surface area contributed by atoms with Crippen LogP contribution in [-0.2, 0) is 4.74 Å². The predicted octanol–water partition coefficient (Wildman–Crippen LogP) is 2.21. The minimum atomic E-state index is -0.168. The quantitative estimate of drug-likeness (QED) is 0.792. The number of hydrazine groups is 1. The molecule has 8 nitrogen and oxygen atoms in total. The van der Waals surface area contributed by atoms with Gasteiger partial charge in [0, 0.05) is 37.5 Å². The number of carbonyl (C=O) groups excluding carboxylic acids is 2. The summed E-state index contributed by atoms with van der Waals surface area (Å²) < 4.78 is 5.29. The highest BCUT2D eigenvalue weighted by atomic mass is 32.1. The van der Waals surface area contributed by atoms with Crippen LogP contribution in [0, 0.1) is 13.8 Å². The van der Waals surface area contributed by atoms with E-state index in [1.54, 1.807) is 0 Å². The summed E-state index contributed by atoms with van der Waals surface area (Å²) in [6, 6.07) is 0. The van der Waals surface area contributed by atoms with E-state index in [9.17, 15) is 9.59 Å². The SMILES string of the molecule is Cc1nc(C)c(C(=O)N2CCC(c3nc(C(=O)NN4CCOCC4)cs3)CC2)s1. The average Bonchev–Trinajstić information content (AvgIpc) is 3.35. The molecule has 1 N–H and O–H groups in total. The maximum Gasteiger partial charge on any atom is 0.285 e. The summed E-state index contributed by atoms with van der Waals surface area (Å²) >= 11 is 3.00. The molecule has 0 bridgehead atoms. The van der Waals surface area contributed by atoms with E-state index < -0.39 is 0 Å². The number of hydrogen-bond acceptors (Lipinski definition) is 8. The maximum atomic E-state index is 12.8. The van der Waals surface area contributed by atoms with Crippen LogP contribution in [0.3, 0.4) is 0 Å². The first kappa shape index (κ1) is 20.4. The first-order chi connectivity index (χ1) is 14.0. The van der Waals surface area contributed by atoms with Crippen molar-refractivity contribution in [3.05, 3.63) is 31.7 Å². The van der Waals surface area contributed by atoms with Gasteiger partial charge in [-0.3, -0.25) is 15.0 Å². The number of morpholine rings is 1. The highest BCUT2D eigenvalue weighted by Gasteiger charge is 2.28. The fourth-order valence-electron chi connectivity index (χ4n) is 3.66. The normalized spacial score (nSPS) is 18.8. The Labute approximate surface area is 177 Å². The topological polar surface area (TPSA) is 87.7 Å². The molecule has 0 spiro atoms. The molecule has 2 aromatic heterocycles. The van der Waals surface area contributed by atoms with Crippen LogP contribution in [0.1, 0.15) is 54.6 Å². The zero-order chi connectivity index (χ0) is 20.4. The Morgan fingerprint density at radius 2 is 1.86 bits per heavy atom. The Kier molecular flexibility index (Phi) is 6.23. The van der Waals surface area contributed by atoms with Gasteiger partial charge in [-0.2, -0.15) is 0 Å². The molecule has 4 rings (SSSR count). The van der Waals surface area contributed by atoms with Crippen molar-refractivity contribution < 1.29 is 14.3 Å². The molecule has 2 aliphatic heterocycles. The largest absolute Gasteiger partial charge is 0.379 e. The second-order valence-electron chi connectivity index (χ2n) is 7.33. The number of piperidine rings is 1. The predicted molar refractivity (Wildman–Crippen MR) is 111 cm³/mol. The van der Waals surface area contributed by atoms with Crippen LogP contribution in [-0.4, -0.2) is 71.1 Å². The fourth-order valence-corrected chi connectivity index (χ4v) is 5.52. The standard InChI is InChI=1S/C19H25N5O3S2/c1-12-16(29-13(2)20-12)19(26)23-5-3-14(4-6-23)18-21-15(11-28-18)17(25)22-24-7-9-27-10-8-24/h11,14H,3-10H2,1-2H3,(H,22,25). The van der Waals surface area contributed by atoms with Crippen LogP contribution in [0.2, 0.25) is 0 Å². The molecular formula is C19H25N5O3S2. The number of rotatable bonds is 4. The Balaban J connectivity index is 1.32. The van der Waals surface area contributed by atoms with Gasteiger partial charge in [-0.1, -0.05) is 0 Å². The van der Waals surface area contributed by atoms with E-state index in [0.29, 0.717) is 51.0 Å². The van der Waals surface area contributed by atoms with Crippen LogP contribution >= 0.6 is 22.7 Å². The molecule has 2 amide bonds. The van der Waals surface area contributed by atoms with Crippen LogP contribution < -0.4 is 5.43 Å². The van der Waals surface area contributed by atoms with Crippen LogP contribution in [0.15, 0.2) is 5.38 Å². The van der Waals surface area contributed by atoms with Crippen LogP contribution in [0.25, 0.3) is 0 Å². The Hall–Kier alpha value is -1.88. The van der Waals surface area contributed by atoms with Gasteiger partial charge >= 0.3 is 0 Å². The van der Waals surface area contributed by atoms with Crippen molar-refractivity contribution >= 4 is 34.5 Å². The molecule has 2 aromatic rings. The van der Waals surface area contributed by atoms with Crippen molar-refractivity contribution in [2.75, 3.05) is 39.4 Å². The Morgan fingerprint density at radius 3 is 2.52 bits per heavy atom. The summed E-state index contributed by atoms with van der Waals surface area (Å²) in [5.41, 5.74) is 4.18. The molecule has 10 heteroatoms. The number of aromatic nitrogens is 2. The lowest BCUT2D eigenvalue weighted by Gasteiger charge is -2.31. The molecule has 0 radical (unpaired) electrons. The summed E-state index contributed by atoms with van der Waals surface area (Å²) in [6.45, 7) is 7.85. The number of ether oxygens (including phenoxy) is 1. The Bertz CT molecular complexity index is 882. The monoisotopic (exact) mass is 435 g/mol. The van der Waals surface area contributed by atoms with Gasteiger partial charge in [-0.25, -0.2) is 15.0 Å². The minimum Gasteiger partial charge on any atom is -0.379 e. The Morgan fingerprint density at radius 1 is 1.14 bits per heavy atom. The number of hydrogen-bond donors (Lipinski definition) is 1. The summed E-state index contributed by atoms with van der Waals surface area (Å²) in [6.07, 6.45) is 1.72. The lowest BCUT2D eigenvalue weighted by Crippen LogP contribution is -2.48. The zero-order valence-electron chi connectivity index (χ0n) is 16.6. The van der Waals surface area contributed by atoms with E-state index in [0.717, 1.165) is 33.4 Å². The smallest absolute Gasteiger partial charge is 0.285 e. The van der Waals surface area contributed by atoms with Crippen molar-refractivity contribution in [1.29, 1.82) is 0 Å². The zero-order valence-corrected chi connectivity index (χ0v) is 18.3. The van der Waals surface area contributed by atoms with E-state index in [2.05, 4.69) is 15.4 Å². The highest BCUT2D eigenvalue weighted by Crippen LogP contribution is 2.31. The van der Waals surface area contributed by atoms with Crippen LogP contribution in [0.5, 0.6) is 0 Å². The van der Waals surface area contributed by atoms with Crippen molar-refractivity contribution in [3.63, 3.8) is 0 Å². The number of thiazole rings is 2. The highest BCUT2D eigenvalue weighted by molar-refractivity contribution is 7.13. The van der Waals surface area contributed by atoms with Gasteiger partial charge < -0.3 is 9.64 Å². The number of amides is 2. The van der Waals surface area contributed by atoms with Gasteiger partial charge in [0.25, 0.3) is 11.8 Å². The number of aryl methyl sites for hydroxylation is 2. The number of nitrogens with one attached hydrogen (secondary N) is 1. The fraction of sp³-hybridized carbons (Fsp3) is 0.579. The van der Waals surface area contributed by atoms with E-state index >= 15 is 0 Å². The molecule has 2 aliphatic rings. The molecule has 0 unspecified atom stereocenters. The first-order valence-electron chi connectivity index (χ1n) is 9.83. The van der Waals surface area contributed by atoms with Crippen LogP contribution in [0.4, 0.5) is 0 Å². The second kappa shape index (κ2) is 8.86. The first-order valence-corrected chi connectivity index (χ1v) is 11.5. The van der Waals surface area contributed by atoms with E-state index in [4.69, 9.17) is 4.74 Å². The summed E-state index contributed by atoms with van der Waals surface area (Å²) in [4.78, 5) is 36.8. The van der Waals surface area contributed by atoms with Crippen molar-refractivity contribution in [1.82, 2.24) is 25.3 Å². The van der Waals surface area contributed by atoms with E-state index in [1.807, 2.05) is 29.1 Å². The molecule has 0 saturated carbocycles. The number of carbonyl (C=O) groups is 2. The van der Waals surface area contributed by atoms with E-state index in [-0.39, 0.29) is 11.8 Å².